The number of carbonyl (C=O) groups excluding carboxylic acids is 1. The van der Waals surface area contributed by atoms with E-state index in [9.17, 15) is 4.79 Å². The van der Waals surface area contributed by atoms with Crippen LogP contribution in [0, 0.1) is 0 Å². The van der Waals surface area contributed by atoms with Crippen LogP contribution < -0.4 is 5.32 Å². The first-order valence-corrected chi connectivity index (χ1v) is 9.57. The molecule has 0 atom stereocenters. The van der Waals surface area contributed by atoms with Crippen molar-refractivity contribution in [2.75, 3.05) is 0 Å². The molecule has 1 saturated carbocycles. The van der Waals surface area contributed by atoms with Crippen LogP contribution in [0.15, 0.2) is 48.8 Å². The summed E-state index contributed by atoms with van der Waals surface area (Å²) in [6.45, 7) is 2.68. The molecule has 0 saturated heterocycles. The van der Waals surface area contributed by atoms with Gasteiger partial charge in [-0.1, -0.05) is 44.0 Å². The third kappa shape index (κ3) is 3.36. The highest BCUT2D eigenvalue weighted by Gasteiger charge is 2.19. The number of rotatable bonds is 5. The summed E-state index contributed by atoms with van der Waals surface area (Å²) in [5, 5.41) is 3.01. The minimum atomic E-state index is -0.0538. The topological polar surface area (TPSA) is 46.9 Å². The summed E-state index contributed by atoms with van der Waals surface area (Å²) in [5.74, 6) is -0.0538. The SMILES string of the molecule is CCc1ccc(CNC(=O)c2ccc3c(c2)ncn3C2CCCC2)cc1. The fraction of sp³-hybridized carbons (Fsp3) is 0.364. The lowest BCUT2D eigenvalue weighted by atomic mass is 10.1. The van der Waals surface area contributed by atoms with E-state index in [0.29, 0.717) is 18.2 Å². The van der Waals surface area contributed by atoms with Crippen LogP contribution in [0.25, 0.3) is 11.0 Å². The van der Waals surface area contributed by atoms with Crippen molar-refractivity contribution in [2.24, 2.45) is 0 Å². The summed E-state index contributed by atoms with van der Waals surface area (Å²) in [5.41, 5.74) is 5.12. The number of imidazole rings is 1. The predicted molar refractivity (Wildman–Crippen MR) is 104 cm³/mol. The molecule has 1 aromatic heterocycles. The summed E-state index contributed by atoms with van der Waals surface area (Å²) in [6, 6.07) is 14.8. The fourth-order valence-electron chi connectivity index (χ4n) is 3.82. The maximum Gasteiger partial charge on any atom is 0.251 e. The Morgan fingerprint density at radius 1 is 1.12 bits per heavy atom. The Morgan fingerprint density at radius 3 is 2.58 bits per heavy atom. The molecule has 1 aliphatic carbocycles. The molecule has 1 amide bonds. The van der Waals surface area contributed by atoms with Crippen LogP contribution in [-0.4, -0.2) is 15.5 Å². The Morgan fingerprint density at radius 2 is 1.85 bits per heavy atom. The number of hydrogen-bond donors (Lipinski definition) is 1. The average molecular weight is 347 g/mol. The van der Waals surface area contributed by atoms with E-state index in [1.807, 2.05) is 24.5 Å². The van der Waals surface area contributed by atoms with Gasteiger partial charge in [0, 0.05) is 18.2 Å². The molecular weight excluding hydrogens is 322 g/mol. The molecule has 4 nitrogen and oxygen atoms in total. The van der Waals surface area contributed by atoms with Gasteiger partial charge in [0.25, 0.3) is 5.91 Å². The van der Waals surface area contributed by atoms with E-state index < -0.39 is 0 Å². The number of nitrogens with one attached hydrogen (secondary N) is 1. The third-order valence-corrected chi connectivity index (χ3v) is 5.44. The summed E-state index contributed by atoms with van der Waals surface area (Å²) >= 11 is 0. The average Bonchev–Trinajstić information content (AvgIpc) is 3.35. The van der Waals surface area contributed by atoms with E-state index in [1.54, 1.807) is 0 Å². The minimum absolute atomic E-state index is 0.0538. The monoisotopic (exact) mass is 347 g/mol. The number of aromatic nitrogens is 2. The number of fused-ring (bicyclic) bond motifs is 1. The molecule has 0 aliphatic heterocycles. The Kier molecular flexibility index (Phi) is 4.74. The van der Waals surface area contributed by atoms with Gasteiger partial charge in [0.15, 0.2) is 0 Å². The standard InChI is InChI=1S/C22H25N3O/c1-2-16-7-9-17(10-8-16)14-23-22(26)18-11-12-21-20(13-18)24-15-25(21)19-5-3-4-6-19/h7-13,15,19H,2-6,14H2,1H3,(H,23,26). The highest BCUT2D eigenvalue weighted by atomic mass is 16.1. The fourth-order valence-corrected chi connectivity index (χ4v) is 3.82. The Hall–Kier alpha value is -2.62. The van der Waals surface area contributed by atoms with E-state index in [2.05, 4.69) is 46.1 Å². The number of hydrogen-bond acceptors (Lipinski definition) is 2. The zero-order valence-corrected chi connectivity index (χ0v) is 15.2. The van der Waals surface area contributed by atoms with Crippen molar-refractivity contribution in [3.05, 3.63) is 65.5 Å². The van der Waals surface area contributed by atoms with Crippen molar-refractivity contribution >= 4 is 16.9 Å². The summed E-state index contributed by atoms with van der Waals surface area (Å²) in [7, 11) is 0. The van der Waals surface area contributed by atoms with Gasteiger partial charge in [-0.25, -0.2) is 4.98 Å². The molecule has 1 heterocycles. The molecule has 0 radical (unpaired) electrons. The van der Waals surface area contributed by atoms with E-state index in [0.717, 1.165) is 23.0 Å². The van der Waals surface area contributed by atoms with Gasteiger partial charge in [0.05, 0.1) is 17.4 Å². The van der Waals surface area contributed by atoms with Crippen molar-refractivity contribution in [3.8, 4) is 0 Å². The molecule has 0 bridgehead atoms. The number of benzene rings is 2. The van der Waals surface area contributed by atoms with Crippen LogP contribution in [0.5, 0.6) is 0 Å². The van der Waals surface area contributed by atoms with E-state index in [-0.39, 0.29) is 5.91 Å². The summed E-state index contributed by atoms with van der Waals surface area (Å²) < 4.78 is 2.28. The normalized spacial score (nSPS) is 14.8. The molecule has 134 valence electrons. The molecule has 4 heteroatoms. The van der Waals surface area contributed by atoms with E-state index in [4.69, 9.17) is 0 Å². The Labute approximate surface area is 154 Å². The predicted octanol–water partition coefficient (Wildman–Crippen LogP) is 4.64. The molecule has 1 N–H and O–H groups in total. The van der Waals surface area contributed by atoms with Gasteiger partial charge >= 0.3 is 0 Å². The van der Waals surface area contributed by atoms with Crippen LogP contribution in [0.1, 0.15) is 60.1 Å². The second-order valence-corrected chi connectivity index (χ2v) is 7.15. The van der Waals surface area contributed by atoms with Gasteiger partial charge in [-0.05, 0) is 48.6 Å². The van der Waals surface area contributed by atoms with Crippen molar-refractivity contribution in [2.45, 2.75) is 51.6 Å². The summed E-state index contributed by atoms with van der Waals surface area (Å²) in [4.78, 5) is 17.0. The van der Waals surface area contributed by atoms with Crippen molar-refractivity contribution in [3.63, 3.8) is 0 Å². The molecule has 1 fully saturated rings. The second-order valence-electron chi connectivity index (χ2n) is 7.15. The number of nitrogens with zero attached hydrogens (tertiary/aromatic N) is 2. The number of amides is 1. The lowest BCUT2D eigenvalue weighted by molar-refractivity contribution is 0.0951. The van der Waals surface area contributed by atoms with Crippen LogP contribution in [-0.2, 0) is 13.0 Å². The highest BCUT2D eigenvalue weighted by Crippen LogP contribution is 2.32. The molecule has 1 aliphatic rings. The van der Waals surface area contributed by atoms with Crippen LogP contribution in [0.2, 0.25) is 0 Å². The Bertz CT molecular complexity index is 905. The highest BCUT2D eigenvalue weighted by molar-refractivity contribution is 5.97. The molecule has 4 rings (SSSR count). The maximum absolute atomic E-state index is 12.5. The van der Waals surface area contributed by atoms with Gasteiger partial charge in [-0.2, -0.15) is 0 Å². The lowest BCUT2D eigenvalue weighted by Gasteiger charge is -2.12. The minimum Gasteiger partial charge on any atom is -0.348 e. The number of aryl methyl sites for hydroxylation is 1. The largest absolute Gasteiger partial charge is 0.348 e. The molecule has 26 heavy (non-hydrogen) atoms. The van der Waals surface area contributed by atoms with Crippen molar-refractivity contribution < 1.29 is 4.79 Å². The summed E-state index contributed by atoms with van der Waals surface area (Å²) in [6.07, 6.45) is 8.00. The van der Waals surface area contributed by atoms with E-state index >= 15 is 0 Å². The smallest absolute Gasteiger partial charge is 0.251 e. The van der Waals surface area contributed by atoms with Crippen LogP contribution >= 0.6 is 0 Å². The zero-order valence-electron chi connectivity index (χ0n) is 15.2. The number of carbonyl (C=O) groups is 1. The van der Waals surface area contributed by atoms with Crippen molar-refractivity contribution in [1.29, 1.82) is 0 Å². The zero-order chi connectivity index (χ0) is 17.9. The van der Waals surface area contributed by atoms with Crippen LogP contribution in [0.4, 0.5) is 0 Å². The molecular formula is C22H25N3O. The lowest BCUT2D eigenvalue weighted by Crippen LogP contribution is -2.22. The van der Waals surface area contributed by atoms with E-state index in [1.165, 1.54) is 31.2 Å². The first-order valence-electron chi connectivity index (χ1n) is 9.57. The molecule has 2 aromatic carbocycles. The first kappa shape index (κ1) is 16.8. The van der Waals surface area contributed by atoms with Crippen LogP contribution in [0.3, 0.4) is 0 Å². The van der Waals surface area contributed by atoms with Gasteiger partial charge in [-0.15, -0.1) is 0 Å². The molecule has 0 spiro atoms. The molecule has 0 unspecified atom stereocenters. The third-order valence-electron chi connectivity index (χ3n) is 5.44. The van der Waals surface area contributed by atoms with Gasteiger partial charge in [0.1, 0.15) is 0 Å². The Balaban J connectivity index is 1.46. The molecule has 3 aromatic rings. The quantitative estimate of drug-likeness (QED) is 0.730. The first-order chi connectivity index (χ1) is 12.7. The van der Waals surface area contributed by atoms with Gasteiger partial charge < -0.3 is 9.88 Å². The van der Waals surface area contributed by atoms with Crippen molar-refractivity contribution in [1.82, 2.24) is 14.9 Å². The second kappa shape index (κ2) is 7.32. The van der Waals surface area contributed by atoms with Gasteiger partial charge in [-0.3, -0.25) is 4.79 Å². The van der Waals surface area contributed by atoms with Gasteiger partial charge in [0.2, 0.25) is 0 Å². The maximum atomic E-state index is 12.5.